The Hall–Kier alpha value is -1.62. The molecule has 0 N–H and O–H groups in total. The zero-order chi connectivity index (χ0) is 15.2. The molecule has 21 heavy (non-hydrogen) atoms. The largest absolute Gasteiger partial charge is 0.489 e. The quantitative estimate of drug-likeness (QED) is 0.593. The lowest BCUT2D eigenvalue weighted by Crippen LogP contribution is -2.47. The second-order valence-corrected chi connectivity index (χ2v) is 5.48. The lowest BCUT2D eigenvalue weighted by Gasteiger charge is -2.39. The predicted octanol–water partition coefficient (Wildman–Crippen LogP) is 3.63. The van der Waals surface area contributed by atoms with Crippen LogP contribution in [0.1, 0.15) is 39.5 Å². The molecule has 2 rings (SSSR count). The molecule has 0 spiro atoms. The van der Waals surface area contributed by atoms with Gasteiger partial charge in [-0.2, -0.15) is 0 Å². The maximum atomic E-state index is 10.7. The summed E-state index contributed by atoms with van der Waals surface area (Å²) in [7, 11) is 0. The van der Waals surface area contributed by atoms with E-state index in [1.807, 2.05) is 0 Å². The highest BCUT2D eigenvalue weighted by atomic mass is 16.6. The average molecular weight is 292 g/mol. The summed E-state index contributed by atoms with van der Waals surface area (Å²) in [6, 6.07) is 6.86. The van der Waals surface area contributed by atoms with Crippen molar-refractivity contribution in [1.29, 1.82) is 0 Å². The van der Waals surface area contributed by atoms with E-state index in [0.717, 1.165) is 25.3 Å². The molecule has 1 saturated carbocycles. The summed E-state index contributed by atoms with van der Waals surface area (Å²) in [6.07, 6.45) is 4.84. The molecule has 0 amide bonds. The fourth-order valence-electron chi connectivity index (χ4n) is 3.15. The minimum absolute atomic E-state index is 0.103. The molecule has 5 heteroatoms. The third-order valence-electron chi connectivity index (χ3n) is 4.28. The highest BCUT2D eigenvalue weighted by molar-refractivity contribution is 5.36. The van der Waals surface area contributed by atoms with E-state index in [1.165, 1.54) is 31.4 Å². The maximum absolute atomic E-state index is 10.7. The van der Waals surface area contributed by atoms with Crippen LogP contribution in [0.3, 0.4) is 0 Å². The minimum Gasteiger partial charge on any atom is -0.489 e. The topological polar surface area (TPSA) is 55.6 Å². The first-order valence-corrected chi connectivity index (χ1v) is 7.80. The predicted molar refractivity (Wildman–Crippen MR) is 82.7 cm³/mol. The van der Waals surface area contributed by atoms with Crippen LogP contribution in [0.5, 0.6) is 5.75 Å². The van der Waals surface area contributed by atoms with E-state index >= 15 is 0 Å². The third kappa shape index (κ3) is 3.94. The number of likely N-dealkylation sites (N-methyl/N-ethyl adjacent to an activating group) is 1. The molecule has 0 bridgehead atoms. The van der Waals surface area contributed by atoms with Gasteiger partial charge in [-0.3, -0.25) is 15.0 Å². The molecule has 0 saturated heterocycles. The summed E-state index contributed by atoms with van der Waals surface area (Å²) < 4.78 is 6.12. The van der Waals surface area contributed by atoms with Gasteiger partial charge in [0.15, 0.2) is 0 Å². The molecule has 1 aromatic carbocycles. The second kappa shape index (κ2) is 7.41. The Morgan fingerprint density at radius 3 is 2.38 bits per heavy atom. The lowest BCUT2D eigenvalue weighted by atomic mass is 9.91. The van der Waals surface area contributed by atoms with Gasteiger partial charge in [0.25, 0.3) is 5.69 Å². The molecule has 1 aromatic rings. The van der Waals surface area contributed by atoms with Crippen LogP contribution in [0.25, 0.3) is 0 Å². The van der Waals surface area contributed by atoms with Crippen molar-refractivity contribution in [3.05, 3.63) is 34.4 Å². The molecule has 0 heterocycles. The number of ether oxygens (including phenoxy) is 1. The molecular weight excluding hydrogens is 268 g/mol. The molecule has 0 aromatic heterocycles. The number of rotatable bonds is 6. The Morgan fingerprint density at radius 1 is 1.19 bits per heavy atom. The summed E-state index contributed by atoms with van der Waals surface area (Å²) in [5.41, 5.74) is 0.103. The zero-order valence-electron chi connectivity index (χ0n) is 12.8. The van der Waals surface area contributed by atoms with Gasteiger partial charge in [-0.05, 0) is 44.5 Å². The zero-order valence-corrected chi connectivity index (χ0v) is 12.8. The smallest absolute Gasteiger partial charge is 0.269 e. The van der Waals surface area contributed by atoms with Crippen molar-refractivity contribution in [2.45, 2.75) is 51.7 Å². The molecule has 116 valence electrons. The summed E-state index contributed by atoms with van der Waals surface area (Å²) in [5.74, 6) is 0.727. The monoisotopic (exact) mass is 292 g/mol. The molecular formula is C16H24N2O3. The highest BCUT2D eigenvalue weighted by Gasteiger charge is 2.30. The Balaban J connectivity index is 2.06. The van der Waals surface area contributed by atoms with E-state index < -0.39 is 0 Å². The van der Waals surface area contributed by atoms with Gasteiger partial charge in [-0.15, -0.1) is 0 Å². The van der Waals surface area contributed by atoms with Gasteiger partial charge in [-0.25, -0.2) is 0 Å². The van der Waals surface area contributed by atoms with Gasteiger partial charge in [0.05, 0.1) is 4.92 Å². The van der Waals surface area contributed by atoms with Gasteiger partial charge in [0.1, 0.15) is 11.9 Å². The van der Waals surface area contributed by atoms with Crippen LogP contribution in [-0.2, 0) is 0 Å². The van der Waals surface area contributed by atoms with Gasteiger partial charge in [-0.1, -0.05) is 20.3 Å². The number of hydrogen-bond acceptors (Lipinski definition) is 4. The first-order chi connectivity index (χ1) is 10.2. The van der Waals surface area contributed by atoms with Gasteiger partial charge >= 0.3 is 0 Å². The van der Waals surface area contributed by atoms with Crippen molar-refractivity contribution in [2.24, 2.45) is 0 Å². The number of nitro benzene ring substituents is 1. The maximum Gasteiger partial charge on any atom is 0.269 e. The van der Waals surface area contributed by atoms with Crippen molar-refractivity contribution >= 4 is 5.69 Å². The minimum atomic E-state index is -0.386. The molecule has 0 aliphatic heterocycles. The van der Waals surface area contributed by atoms with Gasteiger partial charge in [0, 0.05) is 18.2 Å². The van der Waals surface area contributed by atoms with Gasteiger partial charge < -0.3 is 4.74 Å². The Morgan fingerprint density at radius 2 is 1.81 bits per heavy atom. The SMILES string of the molecule is CCN(CC)[C@@H]1CCCC[C@H]1Oc1ccc([N+](=O)[O-])cc1. The van der Waals surface area contributed by atoms with Crippen molar-refractivity contribution in [1.82, 2.24) is 4.90 Å². The first kappa shape index (κ1) is 15.8. The molecule has 0 unspecified atom stereocenters. The Kier molecular flexibility index (Phi) is 5.56. The van der Waals surface area contributed by atoms with E-state index in [4.69, 9.17) is 4.74 Å². The fourth-order valence-corrected chi connectivity index (χ4v) is 3.15. The number of hydrogen-bond donors (Lipinski definition) is 0. The highest BCUT2D eigenvalue weighted by Crippen LogP contribution is 2.28. The van der Waals surface area contributed by atoms with Crippen LogP contribution in [0.4, 0.5) is 5.69 Å². The summed E-state index contributed by atoms with van der Waals surface area (Å²) >= 11 is 0. The standard InChI is InChI=1S/C16H24N2O3/c1-3-17(4-2)15-7-5-6-8-16(15)21-14-11-9-13(10-12-14)18(19)20/h9-12,15-16H,3-8H2,1-2H3/t15-,16-/m1/s1. The molecule has 1 aliphatic carbocycles. The normalized spacial score (nSPS) is 22.2. The van der Waals surface area contributed by atoms with Crippen molar-refractivity contribution < 1.29 is 9.66 Å². The molecule has 5 nitrogen and oxygen atoms in total. The van der Waals surface area contributed by atoms with Crippen molar-refractivity contribution in [3.8, 4) is 5.75 Å². The summed E-state index contributed by atoms with van der Waals surface area (Å²) in [4.78, 5) is 12.7. The Labute approximate surface area is 126 Å². The van der Waals surface area contributed by atoms with Crippen LogP contribution >= 0.6 is 0 Å². The van der Waals surface area contributed by atoms with Crippen LogP contribution < -0.4 is 4.74 Å². The van der Waals surface area contributed by atoms with E-state index in [1.54, 1.807) is 12.1 Å². The molecule has 1 aliphatic rings. The number of benzene rings is 1. The van der Waals surface area contributed by atoms with Gasteiger partial charge in [0.2, 0.25) is 0 Å². The second-order valence-electron chi connectivity index (χ2n) is 5.48. The van der Waals surface area contributed by atoms with E-state index in [-0.39, 0.29) is 16.7 Å². The Bertz CT molecular complexity index is 457. The van der Waals surface area contributed by atoms with Crippen LogP contribution in [0.2, 0.25) is 0 Å². The van der Waals surface area contributed by atoms with Crippen LogP contribution in [-0.4, -0.2) is 35.1 Å². The molecule has 2 atom stereocenters. The van der Waals surface area contributed by atoms with E-state index in [0.29, 0.717) is 6.04 Å². The van der Waals surface area contributed by atoms with Crippen LogP contribution in [0, 0.1) is 10.1 Å². The lowest BCUT2D eigenvalue weighted by molar-refractivity contribution is -0.384. The molecule has 0 radical (unpaired) electrons. The third-order valence-corrected chi connectivity index (χ3v) is 4.28. The molecule has 1 fully saturated rings. The summed E-state index contributed by atoms with van der Waals surface area (Å²) in [6.45, 7) is 6.42. The van der Waals surface area contributed by atoms with Crippen LogP contribution in [0.15, 0.2) is 24.3 Å². The van der Waals surface area contributed by atoms with Crippen molar-refractivity contribution in [3.63, 3.8) is 0 Å². The number of non-ortho nitro benzene ring substituents is 1. The average Bonchev–Trinajstić information content (AvgIpc) is 2.50. The number of nitrogens with zero attached hydrogens (tertiary/aromatic N) is 2. The van der Waals surface area contributed by atoms with Crippen molar-refractivity contribution in [2.75, 3.05) is 13.1 Å². The first-order valence-electron chi connectivity index (χ1n) is 7.80. The van der Waals surface area contributed by atoms with E-state index in [9.17, 15) is 10.1 Å². The van der Waals surface area contributed by atoms with E-state index in [2.05, 4.69) is 18.7 Å². The number of nitro groups is 1. The fraction of sp³-hybridized carbons (Fsp3) is 0.625. The summed E-state index contributed by atoms with van der Waals surface area (Å²) in [5, 5.41) is 10.7.